The molecule has 0 radical (unpaired) electrons. The van der Waals surface area contributed by atoms with Crippen molar-refractivity contribution in [3.63, 3.8) is 0 Å². The quantitative estimate of drug-likeness (QED) is 0.432. The lowest BCUT2D eigenvalue weighted by Gasteiger charge is -2.44. The van der Waals surface area contributed by atoms with Crippen LogP contribution in [-0.4, -0.2) is 43.2 Å². The molecule has 0 heterocycles. The normalized spacial score (nSPS) is 15.9. The lowest BCUT2D eigenvalue weighted by atomic mass is 10.3. The standard InChI is InChI=1S/C11H26N2OSi/c1-7-15(8-2,9-3)11(4,14)10(12)13(5)6/h12,14H,7-9H2,1-6H3. The molecule has 0 saturated carbocycles. The van der Waals surface area contributed by atoms with E-state index in [1.807, 2.05) is 21.0 Å². The maximum absolute atomic E-state index is 10.7. The maximum Gasteiger partial charge on any atom is 0.124 e. The number of nitrogens with zero attached hydrogens (tertiary/aromatic N) is 1. The zero-order valence-corrected chi connectivity index (χ0v) is 12.0. The zero-order chi connectivity index (χ0) is 12.3. The van der Waals surface area contributed by atoms with Gasteiger partial charge in [0.1, 0.15) is 11.1 Å². The molecule has 0 aromatic carbocycles. The van der Waals surface area contributed by atoms with E-state index in [0.717, 1.165) is 18.1 Å². The summed E-state index contributed by atoms with van der Waals surface area (Å²) in [4.78, 5) is 1.72. The van der Waals surface area contributed by atoms with Crippen LogP contribution in [0.1, 0.15) is 27.7 Å². The van der Waals surface area contributed by atoms with Crippen molar-refractivity contribution in [2.45, 2.75) is 51.1 Å². The number of rotatable bonds is 5. The molecule has 0 aromatic heterocycles. The van der Waals surface area contributed by atoms with Crippen molar-refractivity contribution >= 4 is 13.9 Å². The minimum atomic E-state index is -1.78. The highest BCUT2D eigenvalue weighted by Crippen LogP contribution is 2.33. The first-order chi connectivity index (χ1) is 6.79. The Kier molecular flexibility index (Phi) is 5.00. The minimum Gasteiger partial charge on any atom is -0.386 e. The maximum atomic E-state index is 10.7. The Labute approximate surface area is 95.0 Å². The van der Waals surface area contributed by atoms with Gasteiger partial charge in [0.15, 0.2) is 0 Å². The fourth-order valence-corrected chi connectivity index (χ4v) is 6.76. The summed E-state index contributed by atoms with van der Waals surface area (Å²) < 4.78 is 0. The summed E-state index contributed by atoms with van der Waals surface area (Å²) in [5.74, 6) is 0.361. The Bertz CT molecular complexity index is 214. The largest absolute Gasteiger partial charge is 0.386 e. The van der Waals surface area contributed by atoms with Gasteiger partial charge in [-0.25, -0.2) is 0 Å². The van der Waals surface area contributed by atoms with E-state index in [9.17, 15) is 5.11 Å². The molecule has 0 bridgehead atoms. The number of amidine groups is 1. The molecule has 0 aliphatic carbocycles. The van der Waals surface area contributed by atoms with Crippen molar-refractivity contribution in [1.29, 1.82) is 5.41 Å². The van der Waals surface area contributed by atoms with Crippen LogP contribution in [0.5, 0.6) is 0 Å². The average Bonchev–Trinajstić information content (AvgIpc) is 2.19. The highest BCUT2D eigenvalue weighted by atomic mass is 28.3. The fraction of sp³-hybridized carbons (Fsp3) is 0.909. The van der Waals surface area contributed by atoms with Crippen molar-refractivity contribution in [3.8, 4) is 0 Å². The van der Waals surface area contributed by atoms with E-state index in [0.29, 0.717) is 5.84 Å². The molecule has 4 heteroatoms. The molecule has 0 saturated heterocycles. The molecule has 0 rings (SSSR count). The van der Waals surface area contributed by atoms with Crippen LogP contribution in [0.4, 0.5) is 0 Å². The second-order valence-electron chi connectivity index (χ2n) is 4.66. The highest BCUT2D eigenvalue weighted by molar-refractivity contribution is 6.85. The van der Waals surface area contributed by atoms with Crippen LogP contribution in [0.2, 0.25) is 18.1 Å². The summed E-state index contributed by atoms with van der Waals surface area (Å²) >= 11 is 0. The van der Waals surface area contributed by atoms with Gasteiger partial charge in [-0.05, 0) is 6.92 Å². The van der Waals surface area contributed by atoms with Crippen LogP contribution >= 0.6 is 0 Å². The number of nitrogens with one attached hydrogen (secondary N) is 1. The Morgan fingerprint density at radius 3 is 1.73 bits per heavy atom. The molecule has 0 aliphatic rings. The Morgan fingerprint density at radius 2 is 1.53 bits per heavy atom. The molecule has 90 valence electrons. The van der Waals surface area contributed by atoms with E-state index in [-0.39, 0.29) is 0 Å². The molecule has 0 fully saturated rings. The van der Waals surface area contributed by atoms with E-state index in [2.05, 4.69) is 20.8 Å². The number of hydrogen-bond acceptors (Lipinski definition) is 2. The first-order valence-corrected chi connectivity index (χ1v) is 8.39. The summed E-state index contributed by atoms with van der Waals surface area (Å²) in [5, 5.41) is 17.8. The van der Waals surface area contributed by atoms with Crippen LogP contribution in [0, 0.1) is 5.41 Å². The van der Waals surface area contributed by atoms with Crippen molar-refractivity contribution in [3.05, 3.63) is 0 Å². The monoisotopic (exact) mass is 230 g/mol. The molecule has 3 nitrogen and oxygen atoms in total. The van der Waals surface area contributed by atoms with Gasteiger partial charge in [0.25, 0.3) is 0 Å². The molecule has 0 spiro atoms. The van der Waals surface area contributed by atoms with Gasteiger partial charge in [-0.1, -0.05) is 38.9 Å². The van der Waals surface area contributed by atoms with Crippen LogP contribution in [0.3, 0.4) is 0 Å². The average molecular weight is 230 g/mol. The van der Waals surface area contributed by atoms with Crippen LogP contribution in [-0.2, 0) is 0 Å². The second kappa shape index (κ2) is 5.12. The Hall–Kier alpha value is -0.353. The summed E-state index contributed by atoms with van der Waals surface area (Å²) in [6, 6.07) is 3.09. The molecule has 0 amide bonds. The van der Waals surface area contributed by atoms with Crippen molar-refractivity contribution < 1.29 is 5.11 Å². The zero-order valence-electron chi connectivity index (χ0n) is 11.0. The molecular formula is C11H26N2OSi. The van der Waals surface area contributed by atoms with Crippen LogP contribution < -0.4 is 0 Å². The molecule has 0 aromatic rings. The topological polar surface area (TPSA) is 47.3 Å². The van der Waals surface area contributed by atoms with E-state index >= 15 is 0 Å². The van der Waals surface area contributed by atoms with Gasteiger partial charge in [-0.2, -0.15) is 0 Å². The van der Waals surface area contributed by atoms with Crippen molar-refractivity contribution in [2.24, 2.45) is 0 Å². The third-order valence-electron chi connectivity index (χ3n) is 3.97. The Balaban J connectivity index is 5.20. The van der Waals surface area contributed by atoms with Gasteiger partial charge < -0.3 is 10.0 Å². The van der Waals surface area contributed by atoms with E-state index in [1.165, 1.54) is 0 Å². The SMILES string of the molecule is CC[Si](CC)(CC)C(C)(O)C(=N)N(C)C. The predicted octanol–water partition coefficient (Wildman–Crippen LogP) is 2.32. The highest BCUT2D eigenvalue weighted by Gasteiger charge is 2.48. The van der Waals surface area contributed by atoms with Gasteiger partial charge in [-0.3, -0.25) is 5.41 Å². The summed E-state index contributed by atoms with van der Waals surface area (Å²) in [6.07, 6.45) is 0. The van der Waals surface area contributed by atoms with E-state index < -0.39 is 13.3 Å². The molecular weight excluding hydrogens is 204 g/mol. The molecule has 1 unspecified atom stereocenters. The van der Waals surface area contributed by atoms with E-state index in [1.54, 1.807) is 4.90 Å². The lowest BCUT2D eigenvalue weighted by Crippen LogP contribution is -2.63. The second-order valence-corrected chi connectivity index (χ2v) is 10.3. The molecule has 0 aliphatic heterocycles. The smallest absolute Gasteiger partial charge is 0.124 e. The number of aliphatic hydroxyl groups is 1. The van der Waals surface area contributed by atoms with Gasteiger partial charge in [0.2, 0.25) is 0 Å². The van der Waals surface area contributed by atoms with E-state index in [4.69, 9.17) is 5.41 Å². The number of hydrogen-bond donors (Lipinski definition) is 2. The van der Waals surface area contributed by atoms with Gasteiger partial charge in [-0.15, -0.1) is 0 Å². The Morgan fingerprint density at radius 1 is 1.20 bits per heavy atom. The first kappa shape index (κ1) is 14.6. The van der Waals surface area contributed by atoms with Crippen molar-refractivity contribution in [1.82, 2.24) is 4.90 Å². The summed E-state index contributed by atoms with van der Waals surface area (Å²) in [5.41, 5.74) is 0. The fourth-order valence-electron chi connectivity index (χ4n) is 2.47. The minimum absolute atomic E-state index is 0.361. The van der Waals surface area contributed by atoms with Crippen LogP contribution in [0.25, 0.3) is 0 Å². The lowest BCUT2D eigenvalue weighted by molar-refractivity contribution is 0.188. The van der Waals surface area contributed by atoms with Gasteiger partial charge in [0, 0.05) is 14.1 Å². The molecule has 15 heavy (non-hydrogen) atoms. The number of likely N-dealkylation sites (N-methyl/N-ethyl adjacent to an activating group) is 1. The van der Waals surface area contributed by atoms with Crippen LogP contribution in [0.15, 0.2) is 0 Å². The van der Waals surface area contributed by atoms with Crippen molar-refractivity contribution in [2.75, 3.05) is 14.1 Å². The first-order valence-electron chi connectivity index (χ1n) is 5.77. The predicted molar refractivity (Wildman–Crippen MR) is 69.2 cm³/mol. The third-order valence-corrected chi connectivity index (χ3v) is 10.3. The molecule has 2 N–H and O–H groups in total. The summed E-state index contributed by atoms with van der Waals surface area (Å²) in [7, 11) is 1.88. The third kappa shape index (κ3) is 2.42. The molecule has 1 atom stereocenters. The van der Waals surface area contributed by atoms with Gasteiger partial charge in [0.05, 0.1) is 8.07 Å². The van der Waals surface area contributed by atoms with Gasteiger partial charge >= 0.3 is 0 Å². The summed E-state index contributed by atoms with van der Waals surface area (Å²) in [6.45, 7) is 8.28.